The van der Waals surface area contributed by atoms with Gasteiger partial charge in [-0.3, -0.25) is 9.59 Å². The average molecular weight is 347 g/mol. The second-order valence-electron chi connectivity index (χ2n) is 5.76. The van der Waals surface area contributed by atoms with E-state index in [0.717, 1.165) is 23.8 Å². The zero-order chi connectivity index (χ0) is 18.4. The number of esters is 1. The van der Waals surface area contributed by atoms with Gasteiger partial charge in [0.1, 0.15) is 11.6 Å². The Morgan fingerprint density at radius 3 is 2.44 bits per heavy atom. The van der Waals surface area contributed by atoms with Gasteiger partial charge in [0, 0.05) is 6.07 Å². The molecule has 2 rings (SSSR count). The Bertz CT molecular complexity index is 750. The SMILES string of the molecule is C[C@@H](OC(=O)C[C@H](C)c1ccccc1)C(=O)Nc1cc(F)ccc1F. The van der Waals surface area contributed by atoms with Crippen LogP contribution in [0.5, 0.6) is 0 Å². The number of ether oxygens (including phenoxy) is 1. The van der Waals surface area contributed by atoms with E-state index in [2.05, 4.69) is 5.32 Å². The van der Waals surface area contributed by atoms with E-state index in [1.54, 1.807) is 0 Å². The molecule has 2 atom stereocenters. The van der Waals surface area contributed by atoms with Crippen molar-refractivity contribution in [3.63, 3.8) is 0 Å². The Kier molecular flexibility index (Phi) is 6.22. The van der Waals surface area contributed by atoms with E-state index in [4.69, 9.17) is 4.74 Å². The number of carbonyl (C=O) groups excluding carboxylic acids is 2. The fourth-order valence-corrected chi connectivity index (χ4v) is 2.28. The fourth-order valence-electron chi connectivity index (χ4n) is 2.28. The number of amides is 1. The molecular formula is C19H19F2NO3. The third kappa shape index (κ3) is 5.38. The van der Waals surface area contributed by atoms with Crippen molar-refractivity contribution in [2.24, 2.45) is 0 Å². The van der Waals surface area contributed by atoms with Gasteiger partial charge in [-0.15, -0.1) is 0 Å². The number of rotatable bonds is 6. The second kappa shape index (κ2) is 8.37. The lowest BCUT2D eigenvalue weighted by Gasteiger charge is -2.16. The normalized spacial score (nSPS) is 13.0. The van der Waals surface area contributed by atoms with Gasteiger partial charge in [0.05, 0.1) is 12.1 Å². The van der Waals surface area contributed by atoms with Gasteiger partial charge in [-0.1, -0.05) is 37.3 Å². The van der Waals surface area contributed by atoms with Crippen molar-refractivity contribution in [1.82, 2.24) is 0 Å². The Labute approximate surface area is 144 Å². The summed E-state index contributed by atoms with van der Waals surface area (Å²) >= 11 is 0. The number of benzene rings is 2. The number of carbonyl (C=O) groups is 2. The second-order valence-corrected chi connectivity index (χ2v) is 5.76. The van der Waals surface area contributed by atoms with Crippen LogP contribution in [-0.4, -0.2) is 18.0 Å². The van der Waals surface area contributed by atoms with E-state index in [9.17, 15) is 18.4 Å². The minimum Gasteiger partial charge on any atom is -0.453 e. The highest BCUT2D eigenvalue weighted by atomic mass is 19.1. The number of halogens is 2. The number of nitrogens with one attached hydrogen (secondary N) is 1. The third-order valence-electron chi connectivity index (χ3n) is 3.71. The van der Waals surface area contributed by atoms with Gasteiger partial charge in [-0.25, -0.2) is 8.78 Å². The smallest absolute Gasteiger partial charge is 0.307 e. The van der Waals surface area contributed by atoms with Crippen LogP contribution in [0.1, 0.15) is 31.7 Å². The minimum atomic E-state index is -1.13. The molecule has 0 aromatic heterocycles. The molecule has 0 bridgehead atoms. The molecule has 0 aliphatic carbocycles. The van der Waals surface area contributed by atoms with E-state index < -0.39 is 29.6 Å². The van der Waals surface area contributed by atoms with Crippen molar-refractivity contribution < 1.29 is 23.1 Å². The topological polar surface area (TPSA) is 55.4 Å². The maximum atomic E-state index is 13.5. The van der Waals surface area contributed by atoms with E-state index >= 15 is 0 Å². The molecule has 1 N–H and O–H groups in total. The summed E-state index contributed by atoms with van der Waals surface area (Å²) in [6, 6.07) is 12.2. The highest BCUT2D eigenvalue weighted by Gasteiger charge is 2.21. The molecule has 4 nitrogen and oxygen atoms in total. The minimum absolute atomic E-state index is 0.0652. The lowest BCUT2D eigenvalue weighted by Crippen LogP contribution is -2.30. The van der Waals surface area contributed by atoms with Crippen LogP contribution in [0, 0.1) is 11.6 Å². The maximum absolute atomic E-state index is 13.5. The standard InChI is InChI=1S/C19H19F2NO3/c1-12(14-6-4-3-5-7-14)10-18(23)25-13(2)19(24)22-17-11-15(20)8-9-16(17)21/h3-9,11-13H,10H2,1-2H3,(H,22,24)/t12-,13+/m0/s1. The van der Waals surface area contributed by atoms with Crippen LogP contribution in [0.25, 0.3) is 0 Å². The molecule has 2 aromatic rings. The van der Waals surface area contributed by atoms with Gasteiger partial charge in [-0.2, -0.15) is 0 Å². The van der Waals surface area contributed by atoms with Gasteiger partial charge in [0.2, 0.25) is 0 Å². The van der Waals surface area contributed by atoms with Crippen molar-refractivity contribution in [3.8, 4) is 0 Å². The average Bonchev–Trinajstić information content (AvgIpc) is 2.58. The molecule has 1 amide bonds. The van der Waals surface area contributed by atoms with Gasteiger partial charge in [-0.05, 0) is 30.5 Å². The lowest BCUT2D eigenvalue weighted by molar-refractivity contribution is -0.153. The first-order valence-electron chi connectivity index (χ1n) is 7.87. The van der Waals surface area contributed by atoms with Crippen LogP contribution in [0.4, 0.5) is 14.5 Å². The van der Waals surface area contributed by atoms with Crippen LogP contribution < -0.4 is 5.32 Å². The first-order valence-corrected chi connectivity index (χ1v) is 7.87. The summed E-state index contributed by atoms with van der Waals surface area (Å²) in [5.41, 5.74) is 0.684. The number of hydrogen-bond acceptors (Lipinski definition) is 3. The van der Waals surface area contributed by atoms with E-state index in [0.29, 0.717) is 0 Å². The van der Waals surface area contributed by atoms with E-state index in [1.807, 2.05) is 37.3 Å². The quantitative estimate of drug-likeness (QED) is 0.803. The Morgan fingerprint density at radius 1 is 1.08 bits per heavy atom. The molecule has 25 heavy (non-hydrogen) atoms. The monoisotopic (exact) mass is 347 g/mol. The van der Waals surface area contributed by atoms with E-state index in [-0.39, 0.29) is 18.0 Å². The Balaban J connectivity index is 1.90. The third-order valence-corrected chi connectivity index (χ3v) is 3.71. The van der Waals surface area contributed by atoms with Crippen molar-refractivity contribution in [2.75, 3.05) is 5.32 Å². The summed E-state index contributed by atoms with van der Waals surface area (Å²) in [5.74, 6) is -2.79. The molecule has 0 fully saturated rings. The van der Waals surface area contributed by atoms with Crippen LogP contribution in [0.15, 0.2) is 48.5 Å². The van der Waals surface area contributed by atoms with Gasteiger partial charge >= 0.3 is 5.97 Å². The molecule has 2 aromatic carbocycles. The van der Waals surface area contributed by atoms with Crippen LogP contribution in [0.3, 0.4) is 0 Å². The Hall–Kier alpha value is -2.76. The van der Waals surface area contributed by atoms with Crippen molar-refractivity contribution in [1.29, 1.82) is 0 Å². The fraction of sp³-hybridized carbons (Fsp3) is 0.263. The van der Waals surface area contributed by atoms with Crippen LogP contribution in [0.2, 0.25) is 0 Å². The molecule has 0 spiro atoms. The molecular weight excluding hydrogens is 328 g/mol. The molecule has 0 aliphatic heterocycles. The van der Waals surface area contributed by atoms with E-state index in [1.165, 1.54) is 6.92 Å². The summed E-state index contributed by atoms with van der Waals surface area (Å²) in [6.45, 7) is 3.25. The zero-order valence-corrected chi connectivity index (χ0v) is 14.0. The molecule has 0 unspecified atom stereocenters. The van der Waals surface area contributed by atoms with Crippen LogP contribution in [-0.2, 0) is 14.3 Å². The molecule has 6 heteroatoms. The molecule has 0 saturated heterocycles. The van der Waals surface area contributed by atoms with Crippen LogP contribution >= 0.6 is 0 Å². The molecule has 132 valence electrons. The molecule has 0 heterocycles. The largest absolute Gasteiger partial charge is 0.453 e. The highest BCUT2D eigenvalue weighted by Crippen LogP contribution is 2.20. The summed E-state index contributed by atoms with van der Waals surface area (Å²) in [4.78, 5) is 24.0. The van der Waals surface area contributed by atoms with Crippen molar-refractivity contribution in [3.05, 3.63) is 65.7 Å². The first-order chi connectivity index (χ1) is 11.9. The first kappa shape index (κ1) is 18.6. The lowest BCUT2D eigenvalue weighted by atomic mass is 9.98. The number of anilines is 1. The zero-order valence-electron chi connectivity index (χ0n) is 14.0. The predicted octanol–water partition coefficient (Wildman–Crippen LogP) is 4.03. The Morgan fingerprint density at radius 2 is 1.76 bits per heavy atom. The van der Waals surface area contributed by atoms with Gasteiger partial charge in [0.15, 0.2) is 6.10 Å². The molecule has 0 aliphatic rings. The maximum Gasteiger partial charge on any atom is 0.307 e. The number of hydrogen-bond donors (Lipinski definition) is 1. The molecule has 0 saturated carbocycles. The summed E-state index contributed by atoms with van der Waals surface area (Å²) in [7, 11) is 0. The highest BCUT2D eigenvalue weighted by molar-refractivity contribution is 5.95. The summed E-state index contributed by atoms with van der Waals surface area (Å²) in [5, 5.41) is 2.21. The van der Waals surface area contributed by atoms with Gasteiger partial charge < -0.3 is 10.1 Å². The van der Waals surface area contributed by atoms with Crippen molar-refractivity contribution >= 4 is 17.6 Å². The summed E-state index contributed by atoms with van der Waals surface area (Å²) < 4.78 is 31.7. The molecule has 0 radical (unpaired) electrons. The summed E-state index contributed by atoms with van der Waals surface area (Å²) in [6.07, 6.45) is -1.02. The van der Waals surface area contributed by atoms with Gasteiger partial charge in [0.25, 0.3) is 5.91 Å². The van der Waals surface area contributed by atoms with Crippen molar-refractivity contribution in [2.45, 2.75) is 32.3 Å². The predicted molar refractivity (Wildman–Crippen MR) is 90.0 cm³/mol.